The largest absolute Gasteiger partial charge is 0.370 e. The number of epoxide rings is 1. The molecule has 19 heavy (non-hydrogen) atoms. The summed E-state index contributed by atoms with van der Waals surface area (Å²) < 4.78 is 16.6. The highest BCUT2D eigenvalue weighted by Crippen LogP contribution is 2.31. The molecule has 2 heterocycles. The molecule has 2 saturated heterocycles. The molecule has 2 atom stereocenters. The zero-order valence-electron chi connectivity index (χ0n) is 12.4. The van der Waals surface area contributed by atoms with Crippen LogP contribution in [-0.2, 0) is 14.2 Å². The van der Waals surface area contributed by atoms with Crippen LogP contribution in [0.2, 0.25) is 0 Å². The highest BCUT2D eigenvalue weighted by atomic mass is 16.7. The minimum atomic E-state index is 0.0923. The Bertz CT molecular complexity index is 226. The first-order valence-electron chi connectivity index (χ1n) is 8.29. The van der Waals surface area contributed by atoms with E-state index < -0.39 is 0 Å². The van der Waals surface area contributed by atoms with E-state index in [0.29, 0.717) is 12.2 Å². The van der Waals surface area contributed by atoms with Crippen LogP contribution in [0.1, 0.15) is 71.1 Å². The summed E-state index contributed by atoms with van der Waals surface area (Å²) >= 11 is 0. The first kappa shape index (κ1) is 15.3. The molecule has 2 unspecified atom stereocenters. The van der Waals surface area contributed by atoms with Crippen molar-refractivity contribution in [3.8, 4) is 0 Å². The summed E-state index contributed by atoms with van der Waals surface area (Å²) in [5.41, 5.74) is 0. The van der Waals surface area contributed by atoms with E-state index in [-0.39, 0.29) is 6.29 Å². The monoisotopic (exact) mass is 270 g/mol. The molecule has 3 nitrogen and oxygen atoms in total. The van der Waals surface area contributed by atoms with Crippen LogP contribution in [0.5, 0.6) is 0 Å². The van der Waals surface area contributed by atoms with E-state index in [1.807, 2.05) is 0 Å². The molecule has 0 aromatic carbocycles. The lowest BCUT2D eigenvalue weighted by atomic mass is 10.1. The van der Waals surface area contributed by atoms with E-state index in [0.717, 1.165) is 19.6 Å². The molecular formula is C16H30O3. The number of hydrogen-bond acceptors (Lipinski definition) is 3. The third-order valence-electron chi connectivity index (χ3n) is 4.15. The smallest absolute Gasteiger partial charge is 0.157 e. The van der Waals surface area contributed by atoms with E-state index in [1.54, 1.807) is 0 Å². The Hall–Kier alpha value is -0.120. The van der Waals surface area contributed by atoms with Crippen molar-refractivity contribution < 1.29 is 14.2 Å². The van der Waals surface area contributed by atoms with Crippen LogP contribution in [0.25, 0.3) is 0 Å². The predicted molar refractivity (Wildman–Crippen MR) is 76.2 cm³/mol. The van der Waals surface area contributed by atoms with Crippen LogP contribution in [0.15, 0.2) is 0 Å². The molecule has 0 aliphatic carbocycles. The number of rotatable bonds is 11. The van der Waals surface area contributed by atoms with Crippen LogP contribution in [-0.4, -0.2) is 31.7 Å². The Labute approximate surface area is 118 Å². The van der Waals surface area contributed by atoms with Crippen LogP contribution < -0.4 is 0 Å². The Morgan fingerprint density at radius 2 is 1.32 bits per heavy atom. The van der Waals surface area contributed by atoms with Crippen LogP contribution in [0.3, 0.4) is 0 Å². The molecule has 2 aliphatic heterocycles. The number of unbranched alkanes of at least 4 members (excludes halogenated alkanes) is 5. The summed E-state index contributed by atoms with van der Waals surface area (Å²) in [5, 5.41) is 0. The van der Waals surface area contributed by atoms with E-state index in [9.17, 15) is 0 Å². The standard InChI is InChI=1S/C16H30O3/c1-2-3-6-9-14-15(19-14)10-7-4-5-8-11-16-17-12-13-18-16/h14-16H,2-13H2,1H3. The molecule has 0 aromatic heterocycles. The Balaban J connectivity index is 1.33. The molecule has 0 radical (unpaired) electrons. The number of hydrogen-bond donors (Lipinski definition) is 0. The summed E-state index contributed by atoms with van der Waals surface area (Å²) in [4.78, 5) is 0. The fourth-order valence-electron chi connectivity index (χ4n) is 2.87. The van der Waals surface area contributed by atoms with Crippen molar-refractivity contribution in [2.24, 2.45) is 0 Å². The van der Waals surface area contributed by atoms with Gasteiger partial charge in [0.05, 0.1) is 25.4 Å². The van der Waals surface area contributed by atoms with Gasteiger partial charge in [0.1, 0.15) is 0 Å². The summed E-state index contributed by atoms with van der Waals surface area (Å²) in [5.74, 6) is 0. The van der Waals surface area contributed by atoms with Crippen LogP contribution in [0.4, 0.5) is 0 Å². The van der Waals surface area contributed by atoms with Gasteiger partial charge in [0.2, 0.25) is 0 Å². The molecule has 2 aliphatic rings. The normalized spacial score (nSPS) is 27.0. The van der Waals surface area contributed by atoms with Crippen LogP contribution in [0, 0.1) is 0 Å². The Morgan fingerprint density at radius 1 is 0.737 bits per heavy atom. The zero-order chi connectivity index (χ0) is 13.3. The molecule has 0 amide bonds. The maximum atomic E-state index is 5.71. The van der Waals surface area contributed by atoms with Crippen LogP contribution >= 0.6 is 0 Å². The lowest BCUT2D eigenvalue weighted by Crippen LogP contribution is -2.06. The second-order valence-electron chi connectivity index (χ2n) is 5.87. The van der Waals surface area contributed by atoms with Crippen molar-refractivity contribution in [1.82, 2.24) is 0 Å². The highest BCUT2D eigenvalue weighted by molar-refractivity contribution is 4.84. The van der Waals surface area contributed by atoms with Gasteiger partial charge in [-0.3, -0.25) is 0 Å². The molecule has 112 valence electrons. The lowest BCUT2D eigenvalue weighted by molar-refractivity contribution is -0.0480. The molecular weight excluding hydrogens is 240 g/mol. The van der Waals surface area contributed by atoms with Gasteiger partial charge in [-0.25, -0.2) is 0 Å². The van der Waals surface area contributed by atoms with Gasteiger partial charge in [-0.05, 0) is 25.7 Å². The van der Waals surface area contributed by atoms with Crippen molar-refractivity contribution in [2.45, 2.75) is 89.6 Å². The molecule has 3 heteroatoms. The second-order valence-corrected chi connectivity index (χ2v) is 5.87. The molecule has 0 bridgehead atoms. The van der Waals surface area contributed by atoms with Crippen molar-refractivity contribution in [3.63, 3.8) is 0 Å². The molecule has 2 fully saturated rings. The highest BCUT2D eigenvalue weighted by Gasteiger charge is 2.36. The van der Waals surface area contributed by atoms with E-state index in [1.165, 1.54) is 57.8 Å². The average molecular weight is 270 g/mol. The van der Waals surface area contributed by atoms with E-state index in [4.69, 9.17) is 14.2 Å². The Kier molecular flexibility index (Phi) is 7.18. The SMILES string of the molecule is CCCCCC1OC1CCCCCCC1OCCO1. The summed E-state index contributed by atoms with van der Waals surface area (Å²) in [6.45, 7) is 3.82. The first-order chi connectivity index (χ1) is 9.40. The summed E-state index contributed by atoms with van der Waals surface area (Å²) in [7, 11) is 0. The lowest BCUT2D eigenvalue weighted by Gasteiger charge is -2.07. The van der Waals surface area contributed by atoms with Gasteiger partial charge in [-0.15, -0.1) is 0 Å². The fourth-order valence-corrected chi connectivity index (χ4v) is 2.87. The fraction of sp³-hybridized carbons (Fsp3) is 1.00. The van der Waals surface area contributed by atoms with Gasteiger partial charge < -0.3 is 14.2 Å². The average Bonchev–Trinajstić information content (AvgIpc) is 2.95. The summed E-state index contributed by atoms with van der Waals surface area (Å²) in [6, 6.07) is 0. The van der Waals surface area contributed by atoms with Gasteiger partial charge >= 0.3 is 0 Å². The molecule has 0 saturated carbocycles. The van der Waals surface area contributed by atoms with Crippen molar-refractivity contribution >= 4 is 0 Å². The molecule has 0 N–H and O–H groups in total. The van der Waals surface area contributed by atoms with Crippen molar-refractivity contribution in [2.75, 3.05) is 13.2 Å². The quantitative estimate of drug-likeness (QED) is 0.419. The third kappa shape index (κ3) is 6.24. The minimum absolute atomic E-state index is 0.0923. The third-order valence-corrected chi connectivity index (χ3v) is 4.15. The van der Waals surface area contributed by atoms with Gasteiger partial charge in [-0.1, -0.05) is 45.4 Å². The van der Waals surface area contributed by atoms with Crippen molar-refractivity contribution in [1.29, 1.82) is 0 Å². The maximum Gasteiger partial charge on any atom is 0.157 e. The number of ether oxygens (including phenoxy) is 3. The molecule has 0 aromatic rings. The van der Waals surface area contributed by atoms with E-state index in [2.05, 4.69) is 6.92 Å². The zero-order valence-corrected chi connectivity index (χ0v) is 12.4. The second kappa shape index (κ2) is 8.93. The predicted octanol–water partition coefficient (Wildman–Crippen LogP) is 4.05. The van der Waals surface area contributed by atoms with Crippen molar-refractivity contribution in [3.05, 3.63) is 0 Å². The maximum absolute atomic E-state index is 5.71. The first-order valence-corrected chi connectivity index (χ1v) is 8.29. The van der Waals surface area contributed by atoms with Gasteiger partial charge in [0, 0.05) is 0 Å². The topological polar surface area (TPSA) is 31.0 Å². The van der Waals surface area contributed by atoms with Gasteiger partial charge in [-0.2, -0.15) is 0 Å². The van der Waals surface area contributed by atoms with Gasteiger partial charge in [0.15, 0.2) is 6.29 Å². The van der Waals surface area contributed by atoms with Gasteiger partial charge in [0.25, 0.3) is 0 Å². The minimum Gasteiger partial charge on any atom is -0.370 e. The molecule has 2 rings (SSSR count). The van der Waals surface area contributed by atoms with E-state index >= 15 is 0 Å². The molecule has 0 spiro atoms. The summed E-state index contributed by atoms with van der Waals surface area (Å²) in [6.07, 6.45) is 14.1. The Morgan fingerprint density at radius 3 is 1.95 bits per heavy atom.